The summed E-state index contributed by atoms with van der Waals surface area (Å²) in [6.07, 6.45) is 2.17. The van der Waals surface area contributed by atoms with Crippen molar-refractivity contribution in [3.05, 3.63) is 22.4 Å². The van der Waals surface area contributed by atoms with E-state index >= 15 is 0 Å². The van der Waals surface area contributed by atoms with Gasteiger partial charge in [-0.25, -0.2) is 0 Å². The van der Waals surface area contributed by atoms with Gasteiger partial charge in [-0.1, -0.05) is 26.8 Å². The molecule has 3 unspecified atom stereocenters. The van der Waals surface area contributed by atoms with E-state index in [9.17, 15) is 4.79 Å². The average Bonchev–Trinajstić information content (AvgIpc) is 2.99. The highest BCUT2D eigenvalue weighted by Crippen LogP contribution is 2.31. The van der Waals surface area contributed by atoms with Gasteiger partial charge in [0.05, 0.1) is 6.04 Å². The Hall–Kier alpha value is -0.520. The molecule has 1 saturated heterocycles. The van der Waals surface area contributed by atoms with E-state index in [1.807, 2.05) is 16.7 Å². The van der Waals surface area contributed by atoms with Crippen LogP contribution in [0.1, 0.15) is 31.8 Å². The number of nitrogens with one attached hydrogen (secondary N) is 1. The van der Waals surface area contributed by atoms with Crippen molar-refractivity contribution in [1.29, 1.82) is 0 Å². The lowest BCUT2D eigenvalue weighted by atomic mass is 10.0. The molecule has 1 aliphatic heterocycles. The number of hydrogen-bond donors (Lipinski definition) is 1. The van der Waals surface area contributed by atoms with Crippen molar-refractivity contribution in [3.8, 4) is 0 Å². The van der Waals surface area contributed by atoms with Crippen LogP contribution in [0.15, 0.2) is 17.5 Å². The number of amides is 1. The van der Waals surface area contributed by atoms with Crippen molar-refractivity contribution >= 4 is 29.0 Å². The SMILES string of the molecule is CSCC(C)CN1C(=O)C(C(C)C)NC1c1cccs1. The molecule has 1 amide bonds. The average molecular weight is 313 g/mol. The first-order valence-corrected chi connectivity index (χ1v) is 9.40. The van der Waals surface area contributed by atoms with E-state index < -0.39 is 0 Å². The zero-order valence-corrected chi connectivity index (χ0v) is 14.3. The summed E-state index contributed by atoms with van der Waals surface area (Å²) < 4.78 is 0. The van der Waals surface area contributed by atoms with Gasteiger partial charge in [0.25, 0.3) is 0 Å². The Kier molecular flexibility index (Phi) is 5.52. The van der Waals surface area contributed by atoms with Crippen molar-refractivity contribution in [2.24, 2.45) is 11.8 Å². The molecule has 1 aromatic rings. The fourth-order valence-corrected chi connectivity index (χ4v) is 4.14. The molecule has 3 atom stereocenters. The normalized spacial score (nSPS) is 24.6. The number of carbonyl (C=O) groups excluding carboxylic acids is 1. The third kappa shape index (κ3) is 3.38. The van der Waals surface area contributed by atoms with Crippen molar-refractivity contribution in [1.82, 2.24) is 10.2 Å². The summed E-state index contributed by atoms with van der Waals surface area (Å²) in [6.45, 7) is 7.27. The van der Waals surface area contributed by atoms with Crippen molar-refractivity contribution in [3.63, 3.8) is 0 Å². The summed E-state index contributed by atoms with van der Waals surface area (Å²) in [5.74, 6) is 2.19. The van der Waals surface area contributed by atoms with Crippen LogP contribution in [0.4, 0.5) is 0 Å². The van der Waals surface area contributed by atoms with Crippen molar-refractivity contribution in [2.45, 2.75) is 33.0 Å². The minimum atomic E-state index is -0.0522. The highest BCUT2D eigenvalue weighted by molar-refractivity contribution is 7.98. The Morgan fingerprint density at radius 3 is 2.75 bits per heavy atom. The van der Waals surface area contributed by atoms with Gasteiger partial charge in [-0.15, -0.1) is 11.3 Å². The van der Waals surface area contributed by atoms with Crippen molar-refractivity contribution in [2.75, 3.05) is 18.6 Å². The number of thiophene rings is 1. The van der Waals surface area contributed by atoms with Gasteiger partial charge in [-0.3, -0.25) is 10.1 Å². The second kappa shape index (κ2) is 6.96. The number of rotatable bonds is 6. The summed E-state index contributed by atoms with van der Waals surface area (Å²) in [5, 5.41) is 5.60. The molecule has 5 heteroatoms. The van der Waals surface area contributed by atoms with E-state index in [1.165, 1.54) is 4.88 Å². The first kappa shape index (κ1) is 15.9. The van der Waals surface area contributed by atoms with Crippen molar-refractivity contribution < 1.29 is 4.79 Å². The van der Waals surface area contributed by atoms with Gasteiger partial charge >= 0.3 is 0 Å². The lowest BCUT2D eigenvalue weighted by Crippen LogP contribution is -2.36. The Bertz CT molecular complexity index is 433. The molecule has 0 spiro atoms. The molecule has 1 N–H and O–H groups in total. The van der Waals surface area contributed by atoms with E-state index in [4.69, 9.17) is 0 Å². The summed E-state index contributed by atoms with van der Waals surface area (Å²) in [4.78, 5) is 15.9. The summed E-state index contributed by atoms with van der Waals surface area (Å²) in [7, 11) is 0. The molecule has 20 heavy (non-hydrogen) atoms. The van der Waals surface area contributed by atoms with Crippen LogP contribution in [0.25, 0.3) is 0 Å². The van der Waals surface area contributed by atoms with Crippen LogP contribution >= 0.6 is 23.1 Å². The van der Waals surface area contributed by atoms with Gasteiger partial charge in [-0.2, -0.15) is 11.8 Å². The van der Waals surface area contributed by atoms with E-state index in [2.05, 4.69) is 49.9 Å². The lowest BCUT2D eigenvalue weighted by Gasteiger charge is -2.26. The van der Waals surface area contributed by atoms with Crippen LogP contribution < -0.4 is 5.32 Å². The Labute approximate surface area is 130 Å². The molecule has 1 aromatic heterocycles. The zero-order valence-electron chi connectivity index (χ0n) is 12.6. The third-order valence-electron chi connectivity index (χ3n) is 3.64. The quantitative estimate of drug-likeness (QED) is 0.875. The van der Waals surface area contributed by atoms with Crippen LogP contribution in [-0.4, -0.2) is 35.4 Å². The van der Waals surface area contributed by atoms with Gasteiger partial charge in [-0.05, 0) is 35.3 Å². The Balaban J connectivity index is 2.17. The molecular weight excluding hydrogens is 288 g/mol. The van der Waals surface area contributed by atoms with Gasteiger partial charge in [0.15, 0.2) is 0 Å². The molecule has 1 fully saturated rings. The molecule has 0 bridgehead atoms. The molecule has 2 rings (SSSR count). The Morgan fingerprint density at radius 1 is 1.45 bits per heavy atom. The number of nitrogens with zero attached hydrogens (tertiary/aromatic N) is 1. The molecule has 3 nitrogen and oxygen atoms in total. The molecule has 112 valence electrons. The summed E-state index contributed by atoms with van der Waals surface area (Å²) in [5.41, 5.74) is 0. The van der Waals surface area contributed by atoms with E-state index in [-0.39, 0.29) is 18.1 Å². The largest absolute Gasteiger partial charge is 0.320 e. The van der Waals surface area contributed by atoms with Gasteiger partial charge in [0.2, 0.25) is 5.91 Å². The molecule has 2 heterocycles. The molecule has 0 saturated carbocycles. The molecular formula is C15H24N2OS2. The molecule has 1 aliphatic rings. The second-order valence-electron chi connectivity index (χ2n) is 5.86. The number of hydrogen-bond acceptors (Lipinski definition) is 4. The van der Waals surface area contributed by atoms with Crippen LogP contribution in [0, 0.1) is 11.8 Å². The minimum absolute atomic E-state index is 0.0522. The maximum Gasteiger partial charge on any atom is 0.241 e. The Morgan fingerprint density at radius 2 is 2.20 bits per heavy atom. The fraction of sp³-hybridized carbons (Fsp3) is 0.667. The maximum atomic E-state index is 12.7. The van der Waals surface area contributed by atoms with Gasteiger partial charge in [0.1, 0.15) is 6.17 Å². The molecule has 0 aromatic carbocycles. The predicted octanol–water partition coefficient (Wildman–Crippen LogP) is 3.20. The molecule has 0 radical (unpaired) electrons. The van der Waals surface area contributed by atoms with Gasteiger partial charge < -0.3 is 4.90 Å². The third-order valence-corrected chi connectivity index (χ3v) is 5.46. The number of thioether (sulfide) groups is 1. The smallest absolute Gasteiger partial charge is 0.241 e. The lowest BCUT2D eigenvalue weighted by molar-refractivity contribution is -0.131. The van der Waals surface area contributed by atoms with Gasteiger partial charge in [0, 0.05) is 11.4 Å². The van der Waals surface area contributed by atoms with E-state index in [1.54, 1.807) is 11.3 Å². The predicted molar refractivity (Wildman–Crippen MR) is 88.1 cm³/mol. The van der Waals surface area contributed by atoms with Crippen LogP contribution in [-0.2, 0) is 4.79 Å². The van der Waals surface area contributed by atoms with Crippen LogP contribution in [0.3, 0.4) is 0 Å². The minimum Gasteiger partial charge on any atom is -0.320 e. The van der Waals surface area contributed by atoms with Crippen LogP contribution in [0.5, 0.6) is 0 Å². The van der Waals surface area contributed by atoms with Crippen LogP contribution in [0.2, 0.25) is 0 Å². The van der Waals surface area contributed by atoms with E-state index in [0.29, 0.717) is 11.8 Å². The topological polar surface area (TPSA) is 32.3 Å². The summed E-state index contributed by atoms with van der Waals surface area (Å²) >= 11 is 3.56. The first-order valence-electron chi connectivity index (χ1n) is 7.13. The highest BCUT2D eigenvalue weighted by Gasteiger charge is 2.41. The highest BCUT2D eigenvalue weighted by atomic mass is 32.2. The standard InChI is InChI=1S/C15H24N2OS2/c1-10(2)13-15(18)17(8-11(3)9-19-4)14(16-13)12-6-5-7-20-12/h5-7,10-11,13-14,16H,8-9H2,1-4H3. The monoisotopic (exact) mass is 312 g/mol. The van der Waals surface area contributed by atoms with E-state index in [0.717, 1.165) is 12.3 Å². The maximum absolute atomic E-state index is 12.7. The number of carbonyl (C=O) groups is 1. The molecule has 0 aliphatic carbocycles. The fourth-order valence-electron chi connectivity index (χ4n) is 2.67. The zero-order chi connectivity index (χ0) is 14.7. The summed E-state index contributed by atoms with van der Waals surface area (Å²) in [6, 6.07) is 4.12. The second-order valence-corrected chi connectivity index (χ2v) is 7.75. The first-order chi connectivity index (χ1) is 9.54.